The van der Waals surface area contributed by atoms with Gasteiger partial charge in [-0.3, -0.25) is 0 Å². The summed E-state index contributed by atoms with van der Waals surface area (Å²) in [5.74, 6) is -1.42. The number of aromatic nitrogens is 3. The summed E-state index contributed by atoms with van der Waals surface area (Å²) in [6.07, 6.45) is 2.27. The van der Waals surface area contributed by atoms with E-state index in [0.717, 1.165) is 17.5 Å². The van der Waals surface area contributed by atoms with E-state index in [1.807, 2.05) is 12.1 Å². The molecular formula is C20H15F2N3O3. The Morgan fingerprint density at radius 1 is 1.14 bits per heavy atom. The van der Waals surface area contributed by atoms with Gasteiger partial charge in [0.1, 0.15) is 23.3 Å². The first-order chi connectivity index (χ1) is 13.6. The number of ether oxygens (including phenoxy) is 1. The Morgan fingerprint density at radius 3 is 2.79 bits per heavy atom. The quantitative estimate of drug-likeness (QED) is 0.476. The van der Waals surface area contributed by atoms with Crippen LogP contribution >= 0.6 is 0 Å². The molecule has 4 aromatic rings. The minimum Gasteiger partial charge on any atom is -0.422 e. The Kier molecular flexibility index (Phi) is 4.94. The maximum Gasteiger partial charge on any atom is 0.341 e. The van der Waals surface area contributed by atoms with Crippen LogP contribution in [0.1, 0.15) is 17.2 Å². The Morgan fingerprint density at radius 2 is 2.00 bits per heavy atom. The Labute approximate surface area is 158 Å². The predicted octanol–water partition coefficient (Wildman–Crippen LogP) is 3.62. The lowest BCUT2D eigenvalue weighted by Crippen LogP contribution is -2.17. The van der Waals surface area contributed by atoms with Gasteiger partial charge in [0.15, 0.2) is 0 Å². The molecule has 0 N–H and O–H groups in total. The van der Waals surface area contributed by atoms with Crippen LogP contribution in [0.5, 0.6) is 0 Å². The van der Waals surface area contributed by atoms with Crippen molar-refractivity contribution in [3.05, 3.63) is 94.1 Å². The van der Waals surface area contributed by atoms with Crippen molar-refractivity contribution in [1.82, 2.24) is 15.0 Å². The van der Waals surface area contributed by atoms with Crippen molar-refractivity contribution >= 4 is 11.0 Å². The molecule has 1 unspecified atom stereocenters. The second-order valence-electron chi connectivity index (χ2n) is 6.19. The van der Waals surface area contributed by atoms with Crippen molar-refractivity contribution in [3.8, 4) is 0 Å². The van der Waals surface area contributed by atoms with Gasteiger partial charge in [-0.25, -0.2) is 18.3 Å². The van der Waals surface area contributed by atoms with Crippen molar-refractivity contribution < 1.29 is 17.9 Å². The topological polar surface area (TPSA) is 70.2 Å². The average Bonchev–Trinajstić information content (AvgIpc) is 3.18. The molecular weight excluding hydrogens is 368 g/mol. The summed E-state index contributed by atoms with van der Waals surface area (Å²) < 4.78 is 40.2. The van der Waals surface area contributed by atoms with E-state index in [1.54, 1.807) is 24.4 Å². The lowest BCUT2D eigenvalue weighted by Gasteiger charge is -2.19. The molecule has 0 fully saturated rings. The second-order valence-corrected chi connectivity index (χ2v) is 6.19. The molecule has 0 amide bonds. The van der Waals surface area contributed by atoms with Crippen LogP contribution in [-0.4, -0.2) is 15.0 Å². The maximum absolute atomic E-state index is 14.3. The molecule has 6 nitrogen and oxygen atoms in total. The van der Waals surface area contributed by atoms with E-state index in [-0.39, 0.29) is 18.7 Å². The van der Waals surface area contributed by atoms with Crippen LogP contribution in [0, 0.1) is 11.6 Å². The molecule has 2 aromatic carbocycles. The molecule has 0 saturated carbocycles. The number of fused-ring (bicyclic) bond motifs is 1. The van der Waals surface area contributed by atoms with Gasteiger partial charge >= 0.3 is 5.63 Å². The first kappa shape index (κ1) is 18.0. The minimum absolute atomic E-state index is 0.108. The highest BCUT2D eigenvalue weighted by molar-refractivity contribution is 5.76. The fourth-order valence-corrected chi connectivity index (χ4v) is 2.90. The summed E-state index contributed by atoms with van der Waals surface area (Å²) in [5.41, 5.74) is 0.393. The largest absolute Gasteiger partial charge is 0.422 e. The van der Waals surface area contributed by atoms with Gasteiger partial charge in [-0.2, -0.15) is 0 Å². The van der Waals surface area contributed by atoms with Crippen LogP contribution in [0.2, 0.25) is 0 Å². The molecule has 142 valence electrons. The number of halogens is 2. The Hall–Kier alpha value is -3.39. The van der Waals surface area contributed by atoms with Gasteiger partial charge in [0.2, 0.25) is 0 Å². The molecule has 8 heteroatoms. The normalized spacial score (nSPS) is 12.4. The van der Waals surface area contributed by atoms with Crippen LogP contribution in [0.25, 0.3) is 11.0 Å². The average molecular weight is 383 g/mol. The Balaban J connectivity index is 1.62. The molecule has 0 radical (unpaired) electrons. The third kappa shape index (κ3) is 3.81. The summed E-state index contributed by atoms with van der Waals surface area (Å²) in [6, 6.07) is 12.0. The number of rotatable bonds is 6. The SMILES string of the molecule is O=c1oc2ccccc2cc1COC(Cn1ccnn1)c1ccc(F)cc1F. The summed E-state index contributed by atoms with van der Waals surface area (Å²) in [7, 11) is 0. The molecule has 0 aliphatic rings. The van der Waals surface area contributed by atoms with Gasteiger partial charge in [-0.05, 0) is 18.2 Å². The summed E-state index contributed by atoms with van der Waals surface area (Å²) >= 11 is 0. The van der Waals surface area contributed by atoms with Crippen molar-refractivity contribution in [2.75, 3.05) is 0 Å². The highest BCUT2D eigenvalue weighted by Crippen LogP contribution is 2.25. The molecule has 2 heterocycles. The van der Waals surface area contributed by atoms with Gasteiger partial charge in [0.05, 0.1) is 24.9 Å². The van der Waals surface area contributed by atoms with Gasteiger partial charge in [0, 0.05) is 23.2 Å². The maximum atomic E-state index is 14.3. The van der Waals surface area contributed by atoms with E-state index < -0.39 is 23.4 Å². The first-order valence-corrected chi connectivity index (χ1v) is 8.52. The zero-order valence-electron chi connectivity index (χ0n) is 14.6. The number of benzene rings is 2. The summed E-state index contributed by atoms with van der Waals surface area (Å²) in [5, 5.41) is 8.31. The molecule has 0 aliphatic heterocycles. The van der Waals surface area contributed by atoms with Gasteiger partial charge in [0.25, 0.3) is 0 Å². The van der Waals surface area contributed by atoms with Crippen molar-refractivity contribution in [2.45, 2.75) is 19.3 Å². The van der Waals surface area contributed by atoms with Crippen molar-refractivity contribution in [3.63, 3.8) is 0 Å². The second kappa shape index (κ2) is 7.69. The third-order valence-electron chi connectivity index (χ3n) is 4.29. The van der Waals surface area contributed by atoms with Crippen LogP contribution in [-0.2, 0) is 17.9 Å². The fourth-order valence-electron chi connectivity index (χ4n) is 2.90. The van der Waals surface area contributed by atoms with Crippen molar-refractivity contribution in [2.24, 2.45) is 0 Å². The summed E-state index contributed by atoms with van der Waals surface area (Å²) in [4.78, 5) is 12.2. The van der Waals surface area contributed by atoms with E-state index in [9.17, 15) is 13.6 Å². The highest BCUT2D eigenvalue weighted by atomic mass is 19.1. The molecule has 4 rings (SSSR count). The zero-order chi connectivity index (χ0) is 19.5. The van der Waals surface area contributed by atoms with E-state index in [0.29, 0.717) is 11.1 Å². The molecule has 0 aliphatic carbocycles. The fraction of sp³-hybridized carbons (Fsp3) is 0.150. The molecule has 0 spiro atoms. The lowest BCUT2D eigenvalue weighted by molar-refractivity contribution is 0.0219. The molecule has 1 atom stereocenters. The molecule has 28 heavy (non-hydrogen) atoms. The molecule has 0 bridgehead atoms. The number of para-hydroxylation sites is 1. The van der Waals surface area contributed by atoms with Gasteiger partial charge < -0.3 is 9.15 Å². The number of hydrogen-bond acceptors (Lipinski definition) is 5. The van der Waals surface area contributed by atoms with Crippen LogP contribution in [0.4, 0.5) is 8.78 Å². The van der Waals surface area contributed by atoms with Gasteiger partial charge in [-0.1, -0.05) is 29.5 Å². The smallest absolute Gasteiger partial charge is 0.341 e. The summed E-state index contributed by atoms with van der Waals surface area (Å²) in [6.45, 7) is 0.0326. The zero-order valence-corrected chi connectivity index (χ0v) is 14.6. The van der Waals surface area contributed by atoms with Crippen LogP contribution in [0.15, 0.2) is 70.1 Å². The first-order valence-electron chi connectivity index (χ1n) is 8.52. The standard InChI is InChI=1S/C20H15F2N3O3/c21-15-5-6-16(17(22)10-15)19(11-25-8-7-23-24-25)27-12-14-9-13-3-1-2-4-18(13)28-20(14)26/h1-10,19H,11-12H2. The Bertz CT molecular complexity index is 1160. The van der Waals surface area contributed by atoms with Crippen molar-refractivity contribution in [1.29, 1.82) is 0 Å². The van der Waals surface area contributed by atoms with E-state index in [1.165, 1.54) is 16.9 Å². The van der Waals surface area contributed by atoms with Gasteiger partial charge in [-0.15, -0.1) is 5.10 Å². The third-order valence-corrected chi connectivity index (χ3v) is 4.29. The predicted molar refractivity (Wildman–Crippen MR) is 96.4 cm³/mol. The number of nitrogens with zero attached hydrogens (tertiary/aromatic N) is 3. The lowest BCUT2D eigenvalue weighted by atomic mass is 10.1. The number of hydrogen-bond donors (Lipinski definition) is 0. The van der Waals surface area contributed by atoms with Crippen LogP contribution in [0.3, 0.4) is 0 Å². The van der Waals surface area contributed by atoms with Crippen LogP contribution < -0.4 is 5.63 Å². The monoisotopic (exact) mass is 383 g/mol. The minimum atomic E-state index is -0.812. The van der Waals surface area contributed by atoms with E-state index in [2.05, 4.69) is 10.3 Å². The van der Waals surface area contributed by atoms with E-state index >= 15 is 0 Å². The highest BCUT2D eigenvalue weighted by Gasteiger charge is 2.19. The molecule has 2 aromatic heterocycles. The molecule has 0 saturated heterocycles. The van der Waals surface area contributed by atoms with E-state index in [4.69, 9.17) is 9.15 Å².